The van der Waals surface area contributed by atoms with Crippen LogP contribution in [0.3, 0.4) is 0 Å². The fraction of sp³-hybridized carbons (Fsp3) is 0.429. The van der Waals surface area contributed by atoms with E-state index in [9.17, 15) is 33.9 Å². The molecule has 0 spiro atoms. The number of fused-ring (bicyclic) bond motifs is 1. The van der Waals surface area contributed by atoms with Gasteiger partial charge in [-0.15, -0.1) is 0 Å². The number of hydrogen-bond donors (Lipinski definition) is 7. The topological polar surface area (TPSA) is 247 Å². The number of carboxylic acid groups (broad SMARTS) is 1. The number of carboxylic acids is 1. The van der Waals surface area contributed by atoms with Gasteiger partial charge in [-0.1, -0.05) is 37.5 Å². The van der Waals surface area contributed by atoms with Crippen molar-refractivity contribution >= 4 is 64.5 Å². The summed E-state index contributed by atoms with van der Waals surface area (Å²) < 4.78 is 5.80. The first kappa shape index (κ1) is 42.8. The minimum absolute atomic E-state index is 0.0319. The molecule has 16 heteroatoms. The van der Waals surface area contributed by atoms with Gasteiger partial charge in [0, 0.05) is 43.1 Å². The highest BCUT2D eigenvalue weighted by atomic mass is 16.4. The van der Waals surface area contributed by atoms with Gasteiger partial charge in [-0.05, 0) is 106 Å². The van der Waals surface area contributed by atoms with Crippen LogP contribution in [0.5, 0.6) is 0 Å². The van der Waals surface area contributed by atoms with Crippen LogP contribution in [0.4, 0.5) is 11.7 Å². The summed E-state index contributed by atoms with van der Waals surface area (Å²) in [6, 6.07) is 10.1. The molecule has 0 unspecified atom stereocenters. The van der Waals surface area contributed by atoms with E-state index in [2.05, 4.69) is 36.6 Å². The Morgan fingerprint density at radius 3 is 2.36 bits per heavy atom. The lowest BCUT2D eigenvalue weighted by atomic mass is 9.80. The fourth-order valence-electron chi connectivity index (χ4n) is 6.94. The number of amides is 5. The number of allylic oxidation sites excluding steroid dienone is 2. The van der Waals surface area contributed by atoms with Crippen molar-refractivity contribution in [2.45, 2.75) is 102 Å². The molecule has 1 saturated carbocycles. The molecule has 1 aromatic heterocycles. The quantitative estimate of drug-likeness (QED) is 0.0632. The number of carbonyl (C=O) groups is 6. The predicted molar refractivity (Wildman–Crippen MR) is 218 cm³/mol. The van der Waals surface area contributed by atoms with Crippen molar-refractivity contribution in [2.24, 2.45) is 10.7 Å². The summed E-state index contributed by atoms with van der Waals surface area (Å²) in [6.07, 6.45) is 11.4. The number of para-hydroxylation sites is 1. The zero-order chi connectivity index (χ0) is 41.5. The lowest BCUT2D eigenvalue weighted by Gasteiger charge is -2.36. The molecule has 2 aliphatic rings. The van der Waals surface area contributed by atoms with Crippen molar-refractivity contribution in [3.63, 3.8) is 0 Å². The highest BCUT2D eigenvalue weighted by molar-refractivity contribution is 5.99. The second-order valence-electron chi connectivity index (χ2n) is 14.7. The molecule has 0 saturated heterocycles. The molecule has 58 heavy (non-hydrogen) atoms. The van der Waals surface area contributed by atoms with E-state index in [4.69, 9.17) is 10.2 Å². The maximum Gasteiger partial charge on any atom is 0.303 e. The van der Waals surface area contributed by atoms with E-state index in [-0.39, 0.29) is 43.2 Å². The fourth-order valence-corrected chi connectivity index (χ4v) is 6.94. The van der Waals surface area contributed by atoms with Gasteiger partial charge in [-0.3, -0.25) is 33.8 Å². The van der Waals surface area contributed by atoms with Gasteiger partial charge in [0.25, 0.3) is 11.9 Å². The Labute approximate surface area is 336 Å². The summed E-state index contributed by atoms with van der Waals surface area (Å²) in [5.41, 5.74) is 8.52. The van der Waals surface area contributed by atoms with Crippen LogP contribution in [-0.2, 0) is 24.0 Å². The standard InChI is InChI=1S/C42H52N8O8/c1-27-10-7-14-33-36(27)49-41(58-33)46-30-19-17-29(18-20-30)37(54)47-31(12-3-6-25-45-34(51)21-16-28-11-9-24-44-26-28)38(55)48-32(13-8-15-35(52)53)39(56)50-42(40(43)57)22-4-2-5-23-42/h7,10-11,14,16-21,26,31-32H,2-6,8-9,12-13,15,22-25H2,1H3,(H2,43,57)(H,45,51)(H,46,49)(H,47,54)(H,48,55)(H,50,56)(H,52,53)/b21-16+/t31-,32-/m1/s1. The van der Waals surface area contributed by atoms with E-state index >= 15 is 0 Å². The van der Waals surface area contributed by atoms with Gasteiger partial charge in [0.05, 0.1) is 0 Å². The third kappa shape index (κ3) is 12.3. The van der Waals surface area contributed by atoms with E-state index in [0.29, 0.717) is 56.3 Å². The Kier molecular flexibility index (Phi) is 15.3. The highest BCUT2D eigenvalue weighted by Crippen LogP contribution is 2.28. The third-order valence-corrected chi connectivity index (χ3v) is 10.2. The number of unbranched alkanes of at least 4 members (excludes halogenated alkanes) is 1. The van der Waals surface area contributed by atoms with E-state index in [1.807, 2.05) is 31.2 Å². The van der Waals surface area contributed by atoms with Gasteiger partial charge in [0.1, 0.15) is 23.1 Å². The Morgan fingerprint density at radius 2 is 1.67 bits per heavy atom. The van der Waals surface area contributed by atoms with Gasteiger partial charge >= 0.3 is 5.97 Å². The molecule has 2 atom stereocenters. The molecule has 2 aromatic carbocycles. The number of aryl methyl sites for hydroxylation is 1. The number of primary amides is 1. The number of dihydropyridines is 1. The van der Waals surface area contributed by atoms with Gasteiger partial charge in [-0.2, -0.15) is 4.98 Å². The summed E-state index contributed by atoms with van der Waals surface area (Å²) >= 11 is 0. The number of aliphatic carboxylic acids is 1. The summed E-state index contributed by atoms with van der Waals surface area (Å²) in [6.45, 7) is 2.97. The van der Waals surface area contributed by atoms with Gasteiger partial charge in [0.2, 0.25) is 23.6 Å². The lowest BCUT2D eigenvalue weighted by molar-refractivity contribution is -0.137. The first-order valence-electron chi connectivity index (χ1n) is 19.8. The molecule has 1 fully saturated rings. The molecule has 1 aliphatic carbocycles. The van der Waals surface area contributed by atoms with Crippen LogP contribution in [0.25, 0.3) is 11.1 Å². The average molecular weight is 797 g/mol. The second kappa shape index (κ2) is 20.7. The Bertz CT molecular complexity index is 2050. The first-order valence-corrected chi connectivity index (χ1v) is 19.8. The normalized spacial score (nSPS) is 15.8. The number of aliphatic imine (C=N–C) groups is 1. The minimum Gasteiger partial charge on any atom is -0.481 e. The van der Waals surface area contributed by atoms with Crippen molar-refractivity contribution in [3.8, 4) is 0 Å². The summed E-state index contributed by atoms with van der Waals surface area (Å²) in [5, 5.41) is 23.5. The molecule has 308 valence electrons. The Balaban J connectivity index is 1.26. The zero-order valence-corrected chi connectivity index (χ0v) is 32.7. The number of hydrogen-bond acceptors (Lipinski definition) is 10. The molecule has 1 aliphatic heterocycles. The molecule has 16 nitrogen and oxygen atoms in total. The minimum atomic E-state index is -1.28. The highest BCUT2D eigenvalue weighted by Gasteiger charge is 2.41. The van der Waals surface area contributed by atoms with E-state index in [1.165, 1.54) is 6.08 Å². The summed E-state index contributed by atoms with van der Waals surface area (Å²) in [5.74, 6) is -3.90. The number of nitrogens with two attached hydrogens (primary N) is 1. The molecule has 3 aromatic rings. The molecule has 2 heterocycles. The number of benzene rings is 2. The zero-order valence-electron chi connectivity index (χ0n) is 32.7. The Morgan fingerprint density at radius 1 is 0.931 bits per heavy atom. The van der Waals surface area contributed by atoms with E-state index in [1.54, 1.807) is 36.6 Å². The van der Waals surface area contributed by atoms with Crippen LogP contribution in [0, 0.1) is 6.92 Å². The van der Waals surface area contributed by atoms with Crippen LogP contribution in [-0.4, -0.2) is 82.5 Å². The van der Waals surface area contributed by atoms with Gasteiger partial charge in [0.15, 0.2) is 5.58 Å². The Hall–Kier alpha value is -6.32. The van der Waals surface area contributed by atoms with Gasteiger partial charge in [-0.25, -0.2) is 0 Å². The predicted octanol–water partition coefficient (Wildman–Crippen LogP) is 4.27. The average Bonchev–Trinajstić information content (AvgIpc) is 3.63. The summed E-state index contributed by atoms with van der Waals surface area (Å²) in [4.78, 5) is 86.2. The molecule has 8 N–H and O–H groups in total. The van der Waals surface area contributed by atoms with Crippen molar-refractivity contribution < 1.29 is 38.3 Å². The number of rotatable bonds is 20. The van der Waals surface area contributed by atoms with Crippen molar-refractivity contribution in [2.75, 3.05) is 18.4 Å². The molecular formula is C42H52N8O8. The number of nitrogens with zero attached hydrogens (tertiary/aromatic N) is 2. The van der Waals surface area contributed by atoms with Crippen molar-refractivity contribution in [1.29, 1.82) is 0 Å². The summed E-state index contributed by atoms with van der Waals surface area (Å²) in [7, 11) is 0. The molecular weight excluding hydrogens is 745 g/mol. The monoisotopic (exact) mass is 796 g/mol. The first-order chi connectivity index (χ1) is 27.9. The number of oxazole rings is 1. The number of aromatic nitrogens is 1. The number of anilines is 2. The van der Waals surface area contributed by atoms with Crippen LogP contribution < -0.4 is 32.3 Å². The molecule has 5 amide bonds. The third-order valence-electron chi connectivity index (χ3n) is 10.2. The lowest BCUT2D eigenvalue weighted by Crippen LogP contribution is -2.62. The molecule has 0 radical (unpaired) electrons. The molecule has 5 rings (SSSR count). The van der Waals surface area contributed by atoms with Crippen LogP contribution in [0.1, 0.15) is 93.0 Å². The maximum atomic E-state index is 14.0. The van der Waals surface area contributed by atoms with E-state index in [0.717, 1.165) is 36.0 Å². The molecule has 0 bridgehead atoms. The van der Waals surface area contributed by atoms with E-state index < -0.39 is 47.2 Å². The maximum absolute atomic E-state index is 14.0. The number of carbonyl (C=O) groups excluding carboxylic acids is 5. The van der Waals surface area contributed by atoms with Crippen LogP contribution in [0.2, 0.25) is 0 Å². The van der Waals surface area contributed by atoms with Crippen LogP contribution >= 0.6 is 0 Å². The van der Waals surface area contributed by atoms with Crippen molar-refractivity contribution in [1.82, 2.24) is 26.3 Å². The smallest absolute Gasteiger partial charge is 0.303 e. The van der Waals surface area contributed by atoms with Gasteiger partial charge < -0.3 is 41.8 Å². The largest absolute Gasteiger partial charge is 0.481 e. The van der Waals surface area contributed by atoms with Crippen molar-refractivity contribution in [3.05, 3.63) is 77.4 Å². The SMILES string of the molecule is Cc1cccc2oc(Nc3ccc(C(=O)N[C@H](CCCCNC(=O)/C=C/C4=CCCN=C4)C(=O)N[C@H](CCCC(=O)O)C(=O)NC4(C(N)=O)CCCCC4)cc3)nc12. The number of nitrogens with one attached hydrogen (secondary N) is 5. The van der Waals surface area contributed by atoms with Crippen LogP contribution in [0.15, 0.2) is 75.7 Å². The second-order valence-corrected chi connectivity index (χ2v) is 14.7.